The molecule has 0 amide bonds. The zero-order valence-corrected chi connectivity index (χ0v) is 10.1. The van der Waals surface area contributed by atoms with Crippen molar-refractivity contribution in [2.75, 3.05) is 19.7 Å². The molecular weight excluding hydrogens is 228 g/mol. The van der Waals surface area contributed by atoms with Crippen LogP contribution in [-0.4, -0.2) is 39.5 Å². The molecule has 3 heterocycles. The lowest BCUT2D eigenvalue weighted by molar-refractivity contribution is -0.0356. The Balaban J connectivity index is 1.65. The van der Waals surface area contributed by atoms with Gasteiger partial charge >= 0.3 is 0 Å². The van der Waals surface area contributed by atoms with E-state index in [9.17, 15) is 0 Å². The van der Waals surface area contributed by atoms with Crippen molar-refractivity contribution < 1.29 is 4.74 Å². The van der Waals surface area contributed by atoms with Crippen molar-refractivity contribution in [2.45, 2.75) is 12.6 Å². The van der Waals surface area contributed by atoms with Crippen LogP contribution in [0.2, 0.25) is 0 Å². The second kappa shape index (κ2) is 5.29. The van der Waals surface area contributed by atoms with Crippen LogP contribution in [0, 0.1) is 0 Å². The molecule has 0 bridgehead atoms. The van der Waals surface area contributed by atoms with Crippen molar-refractivity contribution in [1.82, 2.24) is 19.9 Å². The van der Waals surface area contributed by atoms with Crippen LogP contribution in [0.5, 0.6) is 0 Å². The molecule has 2 aromatic heterocycles. The van der Waals surface area contributed by atoms with Crippen LogP contribution < -0.4 is 0 Å². The standard InChI is InChI=1S/C13H16N4O/c1-2-4-14-11(3-1)12-9-17(7-8-18-12)10-13-15-5-6-16-13/h1-6,12H,7-10H2,(H,15,16)/t12-/m0/s1. The SMILES string of the molecule is c1ccc([C@@H]2CN(Cc3ncc[nH]3)CCO2)nc1. The van der Waals surface area contributed by atoms with Crippen LogP contribution >= 0.6 is 0 Å². The molecule has 1 fully saturated rings. The summed E-state index contributed by atoms with van der Waals surface area (Å²) in [7, 11) is 0. The maximum absolute atomic E-state index is 5.78. The predicted molar refractivity (Wildman–Crippen MR) is 66.8 cm³/mol. The lowest BCUT2D eigenvalue weighted by atomic mass is 10.2. The average molecular weight is 244 g/mol. The highest BCUT2D eigenvalue weighted by Crippen LogP contribution is 2.20. The summed E-state index contributed by atoms with van der Waals surface area (Å²) in [6.45, 7) is 3.36. The van der Waals surface area contributed by atoms with Crippen LogP contribution in [0.15, 0.2) is 36.8 Å². The zero-order chi connectivity index (χ0) is 12.2. The Morgan fingerprint density at radius 3 is 3.11 bits per heavy atom. The van der Waals surface area contributed by atoms with Gasteiger partial charge in [0.25, 0.3) is 0 Å². The van der Waals surface area contributed by atoms with E-state index in [1.807, 2.05) is 30.6 Å². The van der Waals surface area contributed by atoms with E-state index in [1.165, 1.54) is 0 Å². The second-order valence-corrected chi connectivity index (χ2v) is 4.39. The number of morpholine rings is 1. The number of nitrogens with zero attached hydrogens (tertiary/aromatic N) is 3. The van der Waals surface area contributed by atoms with Gasteiger partial charge in [-0.05, 0) is 12.1 Å². The fraction of sp³-hybridized carbons (Fsp3) is 0.385. The molecule has 0 spiro atoms. The number of hydrogen-bond acceptors (Lipinski definition) is 4. The van der Waals surface area contributed by atoms with Gasteiger partial charge in [-0.3, -0.25) is 9.88 Å². The van der Waals surface area contributed by atoms with E-state index in [1.54, 1.807) is 6.20 Å². The lowest BCUT2D eigenvalue weighted by Crippen LogP contribution is -2.38. The van der Waals surface area contributed by atoms with Gasteiger partial charge in [0, 0.05) is 31.7 Å². The summed E-state index contributed by atoms with van der Waals surface area (Å²) < 4.78 is 5.78. The number of pyridine rings is 1. The molecule has 0 saturated carbocycles. The quantitative estimate of drug-likeness (QED) is 0.886. The topological polar surface area (TPSA) is 54.0 Å². The third kappa shape index (κ3) is 2.57. The van der Waals surface area contributed by atoms with Crippen LogP contribution in [0.25, 0.3) is 0 Å². The highest BCUT2D eigenvalue weighted by molar-refractivity contribution is 5.08. The highest BCUT2D eigenvalue weighted by atomic mass is 16.5. The van der Waals surface area contributed by atoms with Crippen molar-refractivity contribution in [2.24, 2.45) is 0 Å². The average Bonchev–Trinajstić information content (AvgIpc) is 2.93. The van der Waals surface area contributed by atoms with Crippen LogP contribution in [-0.2, 0) is 11.3 Å². The summed E-state index contributed by atoms with van der Waals surface area (Å²) in [6, 6.07) is 5.94. The number of nitrogens with one attached hydrogen (secondary N) is 1. The predicted octanol–water partition coefficient (Wildman–Crippen LogP) is 1.38. The number of imidazole rings is 1. The molecule has 1 N–H and O–H groups in total. The molecule has 5 nitrogen and oxygen atoms in total. The summed E-state index contributed by atoms with van der Waals surface area (Å²) in [6.07, 6.45) is 5.51. The first-order valence-corrected chi connectivity index (χ1v) is 6.15. The molecule has 94 valence electrons. The minimum absolute atomic E-state index is 0.0647. The molecular formula is C13H16N4O. The maximum Gasteiger partial charge on any atom is 0.120 e. The molecule has 0 unspecified atom stereocenters. The molecule has 1 aliphatic rings. The third-order valence-electron chi connectivity index (χ3n) is 3.10. The fourth-order valence-corrected chi connectivity index (χ4v) is 2.19. The van der Waals surface area contributed by atoms with E-state index in [0.29, 0.717) is 0 Å². The van der Waals surface area contributed by atoms with Gasteiger partial charge in [-0.1, -0.05) is 6.07 Å². The minimum Gasteiger partial charge on any atom is -0.369 e. The van der Waals surface area contributed by atoms with Gasteiger partial charge in [0.1, 0.15) is 11.9 Å². The Bertz CT molecular complexity index is 471. The van der Waals surface area contributed by atoms with Crippen molar-refractivity contribution in [1.29, 1.82) is 0 Å². The van der Waals surface area contributed by atoms with Gasteiger partial charge < -0.3 is 9.72 Å². The molecule has 5 heteroatoms. The third-order valence-corrected chi connectivity index (χ3v) is 3.10. The summed E-state index contributed by atoms with van der Waals surface area (Å²) in [4.78, 5) is 14.1. The second-order valence-electron chi connectivity index (χ2n) is 4.39. The van der Waals surface area contributed by atoms with E-state index < -0.39 is 0 Å². The van der Waals surface area contributed by atoms with Crippen molar-refractivity contribution in [3.05, 3.63) is 48.3 Å². The summed E-state index contributed by atoms with van der Waals surface area (Å²) in [5.41, 5.74) is 1.00. The lowest BCUT2D eigenvalue weighted by Gasteiger charge is -2.31. The zero-order valence-electron chi connectivity index (χ0n) is 10.1. The fourth-order valence-electron chi connectivity index (χ4n) is 2.19. The summed E-state index contributed by atoms with van der Waals surface area (Å²) in [5.74, 6) is 0.997. The number of ether oxygens (including phenoxy) is 1. The number of hydrogen-bond donors (Lipinski definition) is 1. The summed E-state index contributed by atoms with van der Waals surface area (Å²) >= 11 is 0. The maximum atomic E-state index is 5.78. The Morgan fingerprint density at radius 1 is 1.33 bits per heavy atom. The van der Waals surface area contributed by atoms with Crippen LogP contribution in [0.3, 0.4) is 0 Å². The summed E-state index contributed by atoms with van der Waals surface area (Å²) in [5, 5.41) is 0. The largest absolute Gasteiger partial charge is 0.369 e. The number of aromatic nitrogens is 3. The molecule has 1 aliphatic heterocycles. The van der Waals surface area contributed by atoms with Crippen LogP contribution in [0.1, 0.15) is 17.6 Å². The Hall–Kier alpha value is -1.72. The van der Waals surface area contributed by atoms with E-state index in [2.05, 4.69) is 19.9 Å². The van der Waals surface area contributed by atoms with E-state index in [-0.39, 0.29) is 6.10 Å². The van der Waals surface area contributed by atoms with E-state index in [4.69, 9.17) is 4.74 Å². The van der Waals surface area contributed by atoms with E-state index in [0.717, 1.165) is 37.8 Å². The Morgan fingerprint density at radius 2 is 2.33 bits per heavy atom. The monoisotopic (exact) mass is 244 g/mol. The first kappa shape index (κ1) is 11.4. The molecule has 18 heavy (non-hydrogen) atoms. The van der Waals surface area contributed by atoms with Crippen molar-refractivity contribution in [3.63, 3.8) is 0 Å². The van der Waals surface area contributed by atoms with Gasteiger partial charge in [0.05, 0.1) is 18.8 Å². The van der Waals surface area contributed by atoms with E-state index >= 15 is 0 Å². The molecule has 2 aromatic rings. The Labute approximate surface area is 106 Å². The van der Waals surface area contributed by atoms with Gasteiger partial charge in [0.15, 0.2) is 0 Å². The molecule has 3 rings (SSSR count). The Kier molecular flexibility index (Phi) is 3.34. The van der Waals surface area contributed by atoms with Gasteiger partial charge in [0.2, 0.25) is 0 Å². The normalized spacial score (nSPS) is 21.0. The van der Waals surface area contributed by atoms with Crippen LogP contribution in [0.4, 0.5) is 0 Å². The molecule has 0 radical (unpaired) electrons. The molecule has 1 atom stereocenters. The van der Waals surface area contributed by atoms with Gasteiger partial charge in [-0.15, -0.1) is 0 Å². The molecule has 0 aromatic carbocycles. The smallest absolute Gasteiger partial charge is 0.120 e. The first-order valence-electron chi connectivity index (χ1n) is 6.15. The minimum atomic E-state index is 0.0647. The van der Waals surface area contributed by atoms with Gasteiger partial charge in [-0.25, -0.2) is 4.98 Å². The van der Waals surface area contributed by atoms with Crippen molar-refractivity contribution >= 4 is 0 Å². The van der Waals surface area contributed by atoms with Gasteiger partial charge in [-0.2, -0.15) is 0 Å². The molecule has 0 aliphatic carbocycles. The number of rotatable bonds is 3. The molecule has 1 saturated heterocycles. The number of aromatic amines is 1. The van der Waals surface area contributed by atoms with Crippen molar-refractivity contribution in [3.8, 4) is 0 Å². The highest BCUT2D eigenvalue weighted by Gasteiger charge is 2.23. The number of H-pyrrole nitrogens is 1. The first-order chi connectivity index (χ1) is 8.92.